The number of aromatic nitrogens is 4. The van der Waals surface area contributed by atoms with Crippen LogP contribution >= 0.6 is 11.8 Å². The molecule has 1 amide bonds. The van der Waals surface area contributed by atoms with Crippen molar-refractivity contribution in [2.24, 2.45) is 0 Å². The van der Waals surface area contributed by atoms with Gasteiger partial charge in [0.2, 0.25) is 5.91 Å². The molecule has 8 nitrogen and oxygen atoms in total. The van der Waals surface area contributed by atoms with E-state index in [0.717, 1.165) is 5.69 Å². The van der Waals surface area contributed by atoms with Gasteiger partial charge in [0, 0.05) is 25.3 Å². The molecule has 5 rings (SSSR count). The lowest BCUT2D eigenvalue weighted by Crippen LogP contribution is -2.42. The zero-order chi connectivity index (χ0) is 19.1. The zero-order valence-electron chi connectivity index (χ0n) is 15.2. The number of amides is 1. The molecule has 1 unspecified atom stereocenters. The van der Waals surface area contributed by atoms with E-state index in [2.05, 4.69) is 5.10 Å². The Balaban J connectivity index is 1.49. The van der Waals surface area contributed by atoms with Gasteiger partial charge in [-0.2, -0.15) is 5.10 Å². The second-order valence-electron chi connectivity index (χ2n) is 6.86. The smallest absolute Gasteiger partial charge is 0.265 e. The van der Waals surface area contributed by atoms with Crippen LogP contribution in [0.15, 0.2) is 46.5 Å². The van der Waals surface area contributed by atoms with E-state index in [0.29, 0.717) is 54.7 Å². The largest absolute Gasteiger partial charge is 0.378 e. The Morgan fingerprint density at radius 2 is 2.00 bits per heavy atom. The van der Waals surface area contributed by atoms with Crippen LogP contribution in [0.5, 0.6) is 0 Å². The Labute approximate surface area is 165 Å². The molecule has 0 N–H and O–H groups in total. The number of hydrogen-bond donors (Lipinski definition) is 0. The summed E-state index contributed by atoms with van der Waals surface area (Å²) in [6, 6.07) is 9.45. The molecule has 0 aliphatic carbocycles. The average molecular weight is 397 g/mol. The number of para-hydroxylation sites is 1. The Hall–Kier alpha value is -2.65. The molecule has 28 heavy (non-hydrogen) atoms. The van der Waals surface area contributed by atoms with Crippen LogP contribution in [0, 0.1) is 0 Å². The van der Waals surface area contributed by atoms with Gasteiger partial charge in [0.05, 0.1) is 31.1 Å². The standard InChI is InChI=1S/C19H19N5O3S/c25-16(22-6-8-27-9-7-22)10-14-12-28-19-21-17-15(18(26)23(14)19)11-20-24(17)13-4-2-1-3-5-13/h1-5,11,14H,6-10,12H2. The SMILES string of the molecule is O=C(CC1CSc2nc3c(cnn3-c3ccccc3)c(=O)n21)N1CCOCC1. The predicted molar refractivity (Wildman–Crippen MR) is 105 cm³/mol. The van der Waals surface area contributed by atoms with Gasteiger partial charge >= 0.3 is 0 Å². The highest BCUT2D eigenvalue weighted by Gasteiger charge is 2.31. The minimum Gasteiger partial charge on any atom is -0.378 e. The summed E-state index contributed by atoms with van der Waals surface area (Å²) in [6.07, 6.45) is 1.87. The third-order valence-electron chi connectivity index (χ3n) is 5.15. The van der Waals surface area contributed by atoms with Gasteiger partial charge < -0.3 is 9.64 Å². The lowest BCUT2D eigenvalue weighted by molar-refractivity contribution is -0.135. The Morgan fingerprint density at radius 1 is 1.21 bits per heavy atom. The second kappa shape index (κ2) is 7.06. The number of benzene rings is 1. The molecular formula is C19H19N5O3S. The number of morpholine rings is 1. The molecule has 1 atom stereocenters. The van der Waals surface area contributed by atoms with Crippen molar-refractivity contribution >= 4 is 28.7 Å². The van der Waals surface area contributed by atoms with E-state index in [1.165, 1.54) is 11.8 Å². The molecule has 2 aliphatic rings. The fraction of sp³-hybridized carbons (Fsp3) is 0.368. The summed E-state index contributed by atoms with van der Waals surface area (Å²) < 4.78 is 8.66. The molecule has 3 aromatic rings. The van der Waals surface area contributed by atoms with E-state index >= 15 is 0 Å². The number of carbonyl (C=O) groups excluding carboxylic acids is 1. The molecule has 0 bridgehead atoms. The second-order valence-corrected chi connectivity index (χ2v) is 7.85. The Bertz CT molecular complexity index is 1090. The topological polar surface area (TPSA) is 82.2 Å². The summed E-state index contributed by atoms with van der Waals surface area (Å²) in [5.41, 5.74) is 1.28. The van der Waals surface area contributed by atoms with Crippen LogP contribution in [-0.4, -0.2) is 62.2 Å². The van der Waals surface area contributed by atoms with Crippen LogP contribution in [-0.2, 0) is 9.53 Å². The van der Waals surface area contributed by atoms with Gasteiger partial charge in [0.15, 0.2) is 10.8 Å². The highest BCUT2D eigenvalue weighted by Crippen LogP contribution is 2.33. The third kappa shape index (κ3) is 2.91. The van der Waals surface area contributed by atoms with Crippen LogP contribution in [0.4, 0.5) is 0 Å². The van der Waals surface area contributed by atoms with E-state index in [1.54, 1.807) is 15.4 Å². The van der Waals surface area contributed by atoms with Crippen LogP contribution < -0.4 is 5.56 Å². The summed E-state index contributed by atoms with van der Waals surface area (Å²) in [5.74, 6) is 0.734. The highest BCUT2D eigenvalue weighted by atomic mass is 32.2. The fourth-order valence-electron chi connectivity index (χ4n) is 3.68. The van der Waals surface area contributed by atoms with Crippen molar-refractivity contribution in [3.8, 4) is 5.69 Å². The van der Waals surface area contributed by atoms with E-state index in [4.69, 9.17) is 9.72 Å². The first-order valence-electron chi connectivity index (χ1n) is 9.26. The van der Waals surface area contributed by atoms with E-state index in [1.807, 2.05) is 35.2 Å². The molecular weight excluding hydrogens is 378 g/mol. The van der Waals surface area contributed by atoms with Gasteiger partial charge in [0.25, 0.3) is 5.56 Å². The van der Waals surface area contributed by atoms with Crippen molar-refractivity contribution in [1.29, 1.82) is 0 Å². The number of thioether (sulfide) groups is 1. The van der Waals surface area contributed by atoms with Crippen LogP contribution in [0.1, 0.15) is 12.5 Å². The summed E-state index contributed by atoms with van der Waals surface area (Å²) in [5, 5.41) is 5.49. The number of carbonyl (C=O) groups is 1. The van der Waals surface area contributed by atoms with Crippen molar-refractivity contribution < 1.29 is 9.53 Å². The molecule has 0 saturated carbocycles. The van der Waals surface area contributed by atoms with E-state index in [-0.39, 0.29) is 17.5 Å². The minimum absolute atomic E-state index is 0.0636. The molecule has 9 heteroatoms. The van der Waals surface area contributed by atoms with Crippen LogP contribution in [0.2, 0.25) is 0 Å². The molecule has 144 valence electrons. The summed E-state index contributed by atoms with van der Waals surface area (Å²) in [7, 11) is 0. The van der Waals surface area contributed by atoms with Crippen molar-refractivity contribution in [3.63, 3.8) is 0 Å². The molecule has 0 spiro atoms. The van der Waals surface area contributed by atoms with Crippen molar-refractivity contribution in [2.75, 3.05) is 32.1 Å². The predicted octanol–water partition coefficient (Wildman–Crippen LogP) is 1.48. The molecule has 2 aromatic heterocycles. The van der Waals surface area contributed by atoms with Gasteiger partial charge in [-0.25, -0.2) is 9.67 Å². The fourth-order valence-corrected chi connectivity index (χ4v) is 4.81. The number of fused-ring (bicyclic) bond motifs is 2. The first-order chi connectivity index (χ1) is 13.7. The summed E-state index contributed by atoms with van der Waals surface area (Å²) >= 11 is 1.52. The number of rotatable bonds is 3. The van der Waals surface area contributed by atoms with E-state index < -0.39 is 0 Å². The Morgan fingerprint density at radius 3 is 2.79 bits per heavy atom. The zero-order valence-corrected chi connectivity index (χ0v) is 16.0. The molecule has 2 aliphatic heterocycles. The number of hydrogen-bond acceptors (Lipinski definition) is 6. The van der Waals surface area contributed by atoms with Gasteiger partial charge in [-0.3, -0.25) is 14.2 Å². The molecule has 1 saturated heterocycles. The quantitative estimate of drug-likeness (QED) is 0.623. The maximum absolute atomic E-state index is 13.1. The van der Waals surface area contributed by atoms with Crippen molar-refractivity contribution in [3.05, 3.63) is 46.9 Å². The maximum Gasteiger partial charge on any atom is 0.265 e. The molecule has 4 heterocycles. The van der Waals surface area contributed by atoms with E-state index in [9.17, 15) is 9.59 Å². The highest BCUT2D eigenvalue weighted by molar-refractivity contribution is 7.99. The van der Waals surface area contributed by atoms with Gasteiger partial charge in [0.1, 0.15) is 5.39 Å². The number of ether oxygens (including phenoxy) is 1. The first kappa shape index (κ1) is 17.4. The molecule has 1 aromatic carbocycles. The molecule has 1 fully saturated rings. The normalized spacial score (nSPS) is 19.1. The summed E-state index contributed by atoms with van der Waals surface area (Å²) in [4.78, 5) is 32.3. The minimum atomic E-state index is -0.181. The van der Waals surface area contributed by atoms with Crippen molar-refractivity contribution in [2.45, 2.75) is 17.6 Å². The number of nitrogens with zero attached hydrogens (tertiary/aromatic N) is 5. The maximum atomic E-state index is 13.1. The average Bonchev–Trinajstić information content (AvgIpc) is 3.34. The van der Waals surface area contributed by atoms with Crippen LogP contribution in [0.3, 0.4) is 0 Å². The monoisotopic (exact) mass is 397 g/mol. The van der Waals surface area contributed by atoms with Gasteiger partial charge in [-0.1, -0.05) is 30.0 Å². The Kier molecular flexibility index (Phi) is 4.40. The van der Waals surface area contributed by atoms with Gasteiger partial charge in [-0.15, -0.1) is 0 Å². The lowest BCUT2D eigenvalue weighted by atomic mass is 10.2. The summed E-state index contributed by atoms with van der Waals surface area (Å²) in [6.45, 7) is 2.37. The van der Waals surface area contributed by atoms with Crippen molar-refractivity contribution in [1.82, 2.24) is 24.2 Å². The first-order valence-corrected chi connectivity index (χ1v) is 10.2. The molecule has 0 radical (unpaired) electrons. The van der Waals surface area contributed by atoms with Gasteiger partial charge in [-0.05, 0) is 12.1 Å². The van der Waals surface area contributed by atoms with Crippen LogP contribution in [0.25, 0.3) is 16.7 Å². The lowest BCUT2D eigenvalue weighted by Gasteiger charge is -2.28. The third-order valence-corrected chi connectivity index (χ3v) is 6.24.